The first-order valence-electron chi connectivity index (χ1n) is 9.57. The quantitative estimate of drug-likeness (QED) is 0.441. The highest BCUT2D eigenvalue weighted by Crippen LogP contribution is 2.41. The fraction of sp³-hybridized carbons (Fsp3) is 0.130. The lowest BCUT2D eigenvalue weighted by atomic mass is 10.1. The Labute approximate surface area is 178 Å². The smallest absolute Gasteiger partial charge is 0.231 e. The van der Waals surface area contributed by atoms with Crippen LogP contribution in [-0.4, -0.2) is 36.8 Å². The van der Waals surface area contributed by atoms with Crippen molar-refractivity contribution in [3.63, 3.8) is 0 Å². The second-order valence-corrected chi connectivity index (χ2v) is 6.80. The third-order valence-electron chi connectivity index (χ3n) is 5.13. The van der Waals surface area contributed by atoms with Crippen LogP contribution in [0.3, 0.4) is 0 Å². The Morgan fingerprint density at radius 3 is 2.65 bits per heavy atom. The first kappa shape index (κ1) is 18.8. The predicted molar refractivity (Wildman–Crippen MR) is 115 cm³/mol. The Hall–Kier alpha value is -4.20. The monoisotopic (exact) mass is 417 g/mol. The highest BCUT2D eigenvalue weighted by atomic mass is 16.7. The standard InChI is InChI=1S/C23H19N3O5/c1-28-17-8-6-15(11-19(17)29-2)22-23(25-10-4-3-5-21(25)24-22)26(13-27)16-7-9-18-20(12-16)31-14-30-18/h3-13H,14H2,1-2H3. The average Bonchev–Trinajstić information content (AvgIpc) is 3.44. The molecule has 0 bridgehead atoms. The number of fused-ring (bicyclic) bond motifs is 2. The van der Waals surface area contributed by atoms with Crippen LogP contribution in [0, 0.1) is 0 Å². The fourth-order valence-electron chi connectivity index (χ4n) is 3.66. The van der Waals surface area contributed by atoms with Crippen molar-refractivity contribution < 1.29 is 23.7 Å². The number of rotatable bonds is 6. The van der Waals surface area contributed by atoms with Gasteiger partial charge in [0.15, 0.2) is 28.8 Å². The molecule has 31 heavy (non-hydrogen) atoms. The summed E-state index contributed by atoms with van der Waals surface area (Å²) in [7, 11) is 3.16. The molecule has 0 atom stereocenters. The Bertz CT molecular complexity index is 1280. The predicted octanol–water partition coefficient (Wildman–Crippen LogP) is 4.04. The van der Waals surface area contributed by atoms with Crippen molar-refractivity contribution in [1.29, 1.82) is 0 Å². The largest absolute Gasteiger partial charge is 0.493 e. The molecule has 2 aromatic heterocycles. The molecule has 0 fully saturated rings. The SMILES string of the molecule is COc1ccc(-c2nc3ccccn3c2N(C=O)c2ccc3c(c2)OCO3)cc1OC. The van der Waals surface area contributed by atoms with Gasteiger partial charge in [-0.15, -0.1) is 0 Å². The van der Waals surface area contributed by atoms with Gasteiger partial charge >= 0.3 is 0 Å². The highest BCUT2D eigenvalue weighted by molar-refractivity contribution is 5.93. The molecular weight excluding hydrogens is 398 g/mol. The normalized spacial score (nSPS) is 12.1. The molecule has 4 aromatic rings. The number of carbonyl (C=O) groups excluding carboxylic acids is 1. The van der Waals surface area contributed by atoms with E-state index in [1.165, 1.54) is 4.90 Å². The summed E-state index contributed by atoms with van der Waals surface area (Å²) in [5.41, 5.74) is 2.74. The molecule has 0 radical (unpaired) electrons. The van der Waals surface area contributed by atoms with Crippen LogP contribution in [0.5, 0.6) is 23.0 Å². The van der Waals surface area contributed by atoms with E-state index < -0.39 is 0 Å². The van der Waals surface area contributed by atoms with Gasteiger partial charge in [0.1, 0.15) is 11.3 Å². The minimum absolute atomic E-state index is 0.159. The molecule has 1 aliphatic heterocycles. The van der Waals surface area contributed by atoms with Crippen LogP contribution >= 0.6 is 0 Å². The maximum Gasteiger partial charge on any atom is 0.231 e. The second-order valence-electron chi connectivity index (χ2n) is 6.80. The number of nitrogens with zero attached hydrogens (tertiary/aromatic N) is 3. The summed E-state index contributed by atoms with van der Waals surface area (Å²) in [6, 6.07) is 16.6. The summed E-state index contributed by atoms with van der Waals surface area (Å²) in [4.78, 5) is 18.6. The zero-order valence-corrected chi connectivity index (χ0v) is 16.9. The molecule has 0 N–H and O–H groups in total. The number of imidazole rings is 1. The van der Waals surface area contributed by atoms with Crippen molar-refractivity contribution in [2.24, 2.45) is 0 Å². The number of hydrogen-bond donors (Lipinski definition) is 0. The molecule has 5 rings (SSSR count). The van der Waals surface area contributed by atoms with E-state index in [1.54, 1.807) is 26.4 Å². The number of hydrogen-bond acceptors (Lipinski definition) is 6. The zero-order valence-electron chi connectivity index (χ0n) is 16.9. The molecule has 0 saturated heterocycles. The first-order chi connectivity index (χ1) is 15.2. The molecule has 0 unspecified atom stereocenters. The summed E-state index contributed by atoms with van der Waals surface area (Å²) < 4.78 is 23.6. The fourth-order valence-corrected chi connectivity index (χ4v) is 3.66. The summed E-state index contributed by atoms with van der Waals surface area (Å²) in [6.45, 7) is 0.159. The van der Waals surface area contributed by atoms with Gasteiger partial charge in [-0.2, -0.15) is 0 Å². The molecule has 8 nitrogen and oxygen atoms in total. The van der Waals surface area contributed by atoms with Gasteiger partial charge in [0.2, 0.25) is 13.2 Å². The number of aromatic nitrogens is 2. The summed E-state index contributed by atoms with van der Waals surface area (Å²) >= 11 is 0. The number of pyridine rings is 1. The van der Waals surface area contributed by atoms with E-state index in [0.29, 0.717) is 45.8 Å². The van der Waals surface area contributed by atoms with E-state index in [1.807, 2.05) is 53.1 Å². The Kier molecular flexibility index (Phi) is 4.59. The van der Waals surface area contributed by atoms with Crippen LogP contribution < -0.4 is 23.8 Å². The molecule has 0 spiro atoms. The van der Waals surface area contributed by atoms with Crippen molar-refractivity contribution >= 4 is 23.6 Å². The number of carbonyl (C=O) groups is 1. The highest BCUT2D eigenvalue weighted by Gasteiger charge is 2.24. The van der Waals surface area contributed by atoms with Crippen LogP contribution in [0.4, 0.5) is 11.5 Å². The van der Waals surface area contributed by atoms with Gasteiger partial charge in [0.25, 0.3) is 0 Å². The number of amides is 1. The van der Waals surface area contributed by atoms with Crippen LogP contribution in [0.1, 0.15) is 0 Å². The zero-order chi connectivity index (χ0) is 21.4. The molecule has 1 amide bonds. The van der Waals surface area contributed by atoms with Crippen LogP contribution in [0.15, 0.2) is 60.8 Å². The minimum Gasteiger partial charge on any atom is -0.493 e. The number of anilines is 2. The molecule has 2 aromatic carbocycles. The van der Waals surface area contributed by atoms with E-state index in [0.717, 1.165) is 12.0 Å². The minimum atomic E-state index is 0.159. The molecule has 8 heteroatoms. The summed E-state index contributed by atoms with van der Waals surface area (Å²) in [6.07, 6.45) is 2.63. The topological polar surface area (TPSA) is 74.5 Å². The van der Waals surface area contributed by atoms with Gasteiger partial charge in [-0.25, -0.2) is 4.98 Å². The Morgan fingerprint density at radius 2 is 1.84 bits per heavy atom. The van der Waals surface area contributed by atoms with Gasteiger partial charge in [0, 0.05) is 17.8 Å². The molecule has 3 heterocycles. The molecule has 1 aliphatic rings. The number of benzene rings is 2. The summed E-state index contributed by atoms with van der Waals surface area (Å²) in [5, 5.41) is 0. The molecular formula is C23H19N3O5. The van der Waals surface area contributed by atoms with Crippen molar-refractivity contribution in [3.05, 3.63) is 60.8 Å². The van der Waals surface area contributed by atoms with E-state index >= 15 is 0 Å². The van der Waals surface area contributed by atoms with Crippen LogP contribution in [-0.2, 0) is 4.79 Å². The third kappa shape index (κ3) is 3.09. The maximum absolute atomic E-state index is 12.3. The van der Waals surface area contributed by atoms with Crippen molar-refractivity contribution in [2.75, 3.05) is 25.9 Å². The van der Waals surface area contributed by atoms with Gasteiger partial charge in [-0.1, -0.05) is 6.07 Å². The van der Waals surface area contributed by atoms with E-state index in [9.17, 15) is 4.79 Å². The van der Waals surface area contributed by atoms with Crippen LogP contribution in [0.2, 0.25) is 0 Å². The average molecular weight is 417 g/mol. The molecule has 0 aliphatic carbocycles. The number of methoxy groups -OCH3 is 2. The van der Waals surface area contributed by atoms with E-state index in [2.05, 4.69) is 0 Å². The Morgan fingerprint density at radius 1 is 1.00 bits per heavy atom. The molecule has 0 saturated carbocycles. The maximum atomic E-state index is 12.3. The van der Waals surface area contributed by atoms with E-state index in [-0.39, 0.29) is 6.79 Å². The van der Waals surface area contributed by atoms with Crippen molar-refractivity contribution in [3.8, 4) is 34.3 Å². The Balaban J connectivity index is 1.72. The molecule has 156 valence electrons. The van der Waals surface area contributed by atoms with Gasteiger partial charge < -0.3 is 18.9 Å². The second kappa shape index (κ2) is 7.56. The lowest BCUT2D eigenvalue weighted by Crippen LogP contribution is -2.17. The van der Waals surface area contributed by atoms with Crippen molar-refractivity contribution in [1.82, 2.24) is 9.38 Å². The first-order valence-corrected chi connectivity index (χ1v) is 9.57. The van der Waals surface area contributed by atoms with Gasteiger partial charge in [-0.05, 0) is 42.5 Å². The summed E-state index contributed by atoms with van der Waals surface area (Å²) in [5.74, 6) is 3.01. The van der Waals surface area contributed by atoms with Gasteiger partial charge in [-0.3, -0.25) is 14.1 Å². The number of ether oxygens (including phenoxy) is 4. The lowest BCUT2D eigenvalue weighted by molar-refractivity contribution is -0.106. The van der Waals surface area contributed by atoms with Crippen molar-refractivity contribution in [2.45, 2.75) is 0 Å². The van der Waals surface area contributed by atoms with E-state index in [4.69, 9.17) is 23.9 Å². The van der Waals surface area contributed by atoms with Crippen LogP contribution in [0.25, 0.3) is 16.9 Å². The lowest BCUT2D eigenvalue weighted by Gasteiger charge is -2.19. The third-order valence-corrected chi connectivity index (χ3v) is 5.13. The van der Waals surface area contributed by atoms with Gasteiger partial charge in [0.05, 0.1) is 19.9 Å².